The number of rotatable bonds is 3. The van der Waals surface area contributed by atoms with Gasteiger partial charge in [-0.2, -0.15) is 0 Å². The standard InChI is InChI=1S/C14H16N2/c1-11-3-5-13(6-4-11)12(2)16-14-7-9-15-10-8-14/h3-10,12H,1-2H3,(H,15,16). The average molecular weight is 212 g/mol. The molecule has 0 aliphatic heterocycles. The maximum atomic E-state index is 4.00. The molecule has 0 spiro atoms. The van der Waals surface area contributed by atoms with Gasteiger partial charge in [0.1, 0.15) is 0 Å². The van der Waals surface area contributed by atoms with Gasteiger partial charge in [0.05, 0.1) is 0 Å². The van der Waals surface area contributed by atoms with Gasteiger partial charge in [-0.05, 0) is 31.5 Å². The number of hydrogen-bond donors (Lipinski definition) is 1. The Morgan fingerprint density at radius 3 is 2.25 bits per heavy atom. The predicted octanol–water partition coefficient (Wildman–Crippen LogP) is 3.56. The van der Waals surface area contributed by atoms with Crippen LogP contribution in [0.25, 0.3) is 0 Å². The van der Waals surface area contributed by atoms with Crippen molar-refractivity contribution in [3.63, 3.8) is 0 Å². The second-order valence-corrected chi connectivity index (χ2v) is 4.01. The molecule has 1 heterocycles. The normalized spacial score (nSPS) is 12.1. The largest absolute Gasteiger partial charge is 0.378 e. The molecule has 2 nitrogen and oxygen atoms in total. The summed E-state index contributed by atoms with van der Waals surface area (Å²) >= 11 is 0. The zero-order chi connectivity index (χ0) is 11.4. The smallest absolute Gasteiger partial charge is 0.0485 e. The van der Waals surface area contributed by atoms with E-state index in [1.54, 1.807) is 12.4 Å². The minimum Gasteiger partial charge on any atom is -0.378 e. The van der Waals surface area contributed by atoms with Gasteiger partial charge in [-0.3, -0.25) is 4.98 Å². The molecule has 1 unspecified atom stereocenters. The zero-order valence-electron chi connectivity index (χ0n) is 9.64. The number of aromatic nitrogens is 1. The van der Waals surface area contributed by atoms with E-state index >= 15 is 0 Å². The monoisotopic (exact) mass is 212 g/mol. The highest BCUT2D eigenvalue weighted by atomic mass is 14.9. The Labute approximate surface area is 96.4 Å². The summed E-state index contributed by atoms with van der Waals surface area (Å²) in [5.74, 6) is 0. The third-order valence-corrected chi connectivity index (χ3v) is 2.64. The first-order valence-electron chi connectivity index (χ1n) is 5.49. The second-order valence-electron chi connectivity index (χ2n) is 4.01. The fourth-order valence-electron chi connectivity index (χ4n) is 1.64. The van der Waals surface area contributed by atoms with Gasteiger partial charge in [0.15, 0.2) is 0 Å². The van der Waals surface area contributed by atoms with Gasteiger partial charge in [0.25, 0.3) is 0 Å². The highest BCUT2D eigenvalue weighted by Crippen LogP contribution is 2.18. The first-order valence-corrected chi connectivity index (χ1v) is 5.49. The topological polar surface area (TPSA) is 24.9 Å². The molecule has 2 rings (SSSR count). The lowest BCUT2D eigenvalue weighted by atomic mass is 10.1. The van der Waals surface area contributed by atoms with Gasteiger partial charge < -0.3 is 5.32 Å². The van der Waals surface area contributed by atoms with Gasteiger partial charge in [0, 0.05) is 24.1 Å². The molecule has 0 aliphatic carbocycles. The van der Waals surface area contributed by atoms with E-state index in [0.717, 1.165) is 5.69 Å². The lowest BCUT2D eigenvalue weighted by Gasteiger charge is -2.15. The van der Waals surface area contributed by atoms with Crippen molar-refractivity contribution in [2.75, 3.05) is 5.32 Å². The second kappa shape index (κ2) is 4.79. The van der Waals surface area contributed by atoms with Crippen LogP contribution in [0.1, 0.15) is 24.1 Å². The average Bonchev–Trinajstić information content (AvgIpc) is 2.31. The Kier molecular flexibility index (Phi) is 3.20. The predicted molar refractivity (Wildman–Crippen MR) is 67.5 cm³/mol. The van der Waals surface area contributed by atoms with Gasteiger partial charge >= 0.3 is 0 Å². The third kappa shape index (κ3) is 2.60. The van der Waals surface area contributed by atoms with Crippen LogP contribution in [0.15, 0.2) is 48.8 Å². The lowest BCUT2D eigenvalue weighted by molar-refractivity contribution is 0.883. The maximum Gasteiger partial charge on any atom is 0.0485 e. The summed E-state index contributed by atoms with van der Waals surface area (Å²) in [7, 11) is 0. The van der Waals surface area contributed by atoms with E-state index in [1.807, 2.05) is 12.1 Å². The fourth-order valence-corrected chi connectivity index (χ4v) is 1.64. The van der Waals surface area contributed by atoms with Crippen LogP contribution in [0.5, 0.6) is 0 Å². The van der Waals surface area contributed by atoms with Gasteiger partial charge in [0.2, 0.25) is 0 Å². The Bertz CT molecular complexity index is 434. The van der Waals surface area contributed by atoms with E-state index < -0.39 is 0 Å². The van der Waals surface area contributed by atoms with E-state index in [-0.39, 0.29) is 0 Å². The molecule has 0 fully saturated rings. The minimum atomic E-state index is 0.308. The fraction of sp³-hybridized carbons (Fsp3) is 0.214. The molecule has 2 aromatic rings. The summed E-state index contributed by atoms with van der Waals surface area (Å²) < 4.78 is 0. The van der Waals surface area contributed by atoms with Crippen LogP contribution in [0.3, 0.4) is 0 Å². The molecule has 1 atom stereocenters. The summed E-state index contributed by atoms with van der Waals surface area (Å²) in [6, 6.07) is 12.9. The molecule has 2 heteroatoms. The van der Waals surface area contributed by atoms with Crippen LogP contribution in [0, 0.1) is 6.92 Å². The Balaban J connectivity index is 2.09. The summed E-state index contributed by atoms with van der Waals surface area (Å²) in [5.41, 5.74) is 3.69. The van der Waals surface area contributed by atoms with Crippen molar-refractivity contribution < 1.29 is 0 Å². The number of nitrogens with one attached hydrogen (secondary N) is 1. The molecule has 0 amide bonds. The number of benzene rings is 1. The molecule has 82 valence electrons. The van der Waals surface area contributed by atoms with Crippen LogP contribution < -0.4 is 5.32 Å². The third-order valence-electron chi connectivity index (χ3n) is 2.64. The number of anilines is 1. The van der Waals surface area contributed by atoms with Crippen LogP contribution >= 0.6 is 0 Å². The summed E-state index contributed by atoms with van der Waals surface area (Å²) in [6.07, 6.45) is 3.59. The number of hydrogen-bond acceptors (Lipinski definition) is 2. The summed E-state index contributed by atoms with van der Waals surface area (Å²) in [6.45, 7) is 4.26. The Morgan fingerprint density at radius 2 is 1.62 bits per heavy atom. The molecule has 1 aromatic heterocycles. The SMILES string of the molecule is Cc1ccc(C(C)Nc2ccncc2)cc1. The van der Waals surface area contributed by atoms with E-state index in [0.29, 0.717) is 6.04 Å². The van der Waals surface area contributed by atoms with Crippen molar-refractivity contribution in [1.82, 2.24) is 4.98 Å². The van der Waals surface area contributed by atoms with Crippen molar-refractivity contribution in [2.45, 2.75) is 19.9 Å². The zero-order valence-corrected chi connectivity index (χ0v) is 9.64. The van der Waals surface area contributed by atoms with E-state index in [2.05, 4.69) is 48.4 Å². The van der Waals surface area contributed by atoms with Crippen molar-refractivity contribution >= 4 is 5.69 Å². The Morgan fingerprint density at radius 1 is 1.00 bits per heavy atom. The molecular formula is C14H16N2. The van der Waals surface area contributed by atoms with Crippen LogP contribution in [0.2, 0.25) is 0 Å². The molecular weight excluding hydrogens is 196 g/mol. The first kappa shape index (κ1) is 10.7. The highest BCUT2D eigenvalue weighted by molar-refractivity contribution is 5.43. The molecule has 1 aromatic carbocycles. The van der Waals surface area contributed by atoms with Gasteiger partial charge in [-0.1, -0.05) is 29.8 Å². The summed E-state index contributed by atoms with van der Waals surface area (Å²) in [5, 5.41) is 3.44. The number of nitrogens with zero attached hydrogens (tertiary/aromatic N) is 1. The molecule has 0 radical (unpaired) electrons. The van der Waals surface area contributed by atoms with Gasteiger partial charge in [-0.25, -0.2) is 0 Å². The lowest BCUT2D eigenvalue weighted by Crippen LogP contribution is -2.06. The molecule has 16 heavy (non-hydrogen) atoms. The van der Waals surface area contributed by atoms with E-state index in [1.165, 1.54) is 11.1 Å². The van der Waals surface area contributed by atoms with Crippen molar-refractivity contribution in [1.29, 1.82) is 0 Å². The van der Waals surface area contributed by atoms with E-state index in [9.17, 15) is 0 Å². The first-order chi connectivity index (χ1) is 7.75. The maximum absolute atomic E-state index is 4.00. The van der Waals surface area contributed by atoms with E-state index in [4.69, 9.17) is 0 Å². The molecule has 0 aliphatic rings. The number of pyridine rings is 1. The van der Waals surface area contributed by atoms with Crippen LogP contribution in [0.4, 0.5) is 5.69 Å². The molecule has 0 bridgehead atoms. The van der Waals surface area contributed by atoms with Crippen LogP contribution in [-0.4, -0.2) is 4.98 Å². The van der Waals surface area contributed by atoms with Gasteiger partial charge in [-0.15, -0.1) is 0 Å². The van der Waals surface area contributed by atoms with Crippen molar-refractivity contribution in [2.24, 2.45) is 0 Å². The van der Waals surface area contributed by atoms with Crippen molar-refractivity contribution in [3.8, 4) is 0 Å². The highest BCUT2D eigenvalue weighted by Gasteiger charge is 2.03. The minimum absolute atomic E-state index is 0.308. The van der Waals surface area contributed by atoms with Crippen molar-refractivity contribution in [3.05, 3.63) is 59.9 Å². The molecule has 1 N–H and O–H groups in total. The number of aryl methyl sites for hydroxylation is 1. The molecule has 0 saturated carbocycles. The molecule has 0 saturated heterocycles. The quantitative estimate of drug-likeness (QED) is 0.841. The Hall–Kier alpha value is -1.83. The van der Waals surface area contributed by atoms with Crippen LogP contribution in [-0.2, 0) is 0 Å². The summed E-state index contributed by atoms with van der Waals surface area (Å²) in [4.78, 5) is 4.00.